The minimum Gasteiger partial charge on any atom is -0.339 e. The summed E-state index contributed by atoms with van der Waals surface area (Å²) in [5.74, 6) is -0.211. The van der Waals surface area contributed by atoms with Crippen LogP contribution in [0.25, 0.3) is 0 Å². The Hall–Kier alpha value is -1.81. The molecule has 0 radical (unpaired) electrons. The maximum atomic E-state index is 11.7. The van der Waals surface area contributed by atoms with E-state index in [0.29, 0.717) is 23.8 Å². The molecule has 102 valence electrons. The lowest BCUT2D eigenvalue weighted by Crippen LogP contribution is -2.32. The maximum Gasteiger partial charge on any atom is 0.226 e. The summed E-state index contributed by atoms with van der Waals surface area (Å²) in [6, 6.07) is 6.87. The molecular weight excluding hydrogens is 264 g/mol. The van der Waals surface area contributed by atoms with Crippen LogP contribution in [-0.4, -0.2) is 29.8 Å². The van der Waals surface area contributed by atoms with Crippen LogP contribution in [0.5, 0.6) is 0 Å². The number of benzene rings is 1. The number of hydrogen-bond donors (Lipinski definition) is 1. The Kier molecular flexibility index (Phi) is 6.09. The Morgan fingerprint density at radius 1 is 1.37 bits per heavy atom. The van der Waals surface area contributed by atoms with Gasteiger partial charge in [0.05, 0.1) is 0 Å². The molecular formula is C14H17ClN2O2. The normalized spacial score (nSPS) is 9.79. The van der Waals surface area contributed by atoms with Crippen molar-refractivity contribution in [3.8, 4) is 0 Å². The summed E-state index contributed by atoms with van der Waals surface area (Å²) in [4.78, 5) is 24.6. The van der Waals surface area contributed by atoms with Crippen molar-refractivity contribution in [3.63, 3.8) is 0 Å². The molecule has 1 rings (SSSR count). The summed E-state index contributed by atoms with van der Waals surface area (Å²) in [5.41, 5.74) is 0.687. The van der Waals surface area contributed by atoms with Gasteiger partial charge < -0.3 is 10.2 Å². The molecule has 0 aliphatic heterocycles. The van der Waals surface area contributed by atoms with Crippen LogP contribution < -0.4 is 5.32 Å². The van der Waals surface area contributed by atoms with Gasteiger partial charge in [0, 0.05) is 37.1 Å². The fraction of sp³-hybridized carbons (Fsp3) is 0.286. The zero-order valence-electron chi connectivity index (χ0n) is 10.9. The fourth-order valence-electron chi connectivity index (χ4n) is 1.53. The quantitative estimate of drug-likeness (QED) is 0.815. The molecule has 0 aliphatic carbocycles. The molecule has 0 aliphatic rings. The lowest BCUT2D eigenvalue weighted by atomic mass is 10.3. The molecule has 19 heavy (non-hydrogen) atoms. The van der Waals surface area contributed by atoms with Gasteiger partial charge in [0.1, 0.15) is 0 Å². The lowest BCUT2D eigenvalue weighted by molar-refractivity contribution is -0.128. The minimum absolute atomic E-state index is 0.0702. The van der Waals surface area contributed by atoms with Gasteiger partial charge in [-0.25, -0.2) is 0 Å². The number of carbonyl (C=O) groups is 2. The van der Waals surface area contributed by atoms with Crippen LogP contribution in [0.15, 0.2) is 36.9 Å². The van der Waals surface area contributed by atoms with E-state index in [2.05, 4.69) is 11.9 Å². The van der Waals surface area contributed by atoms with E-state index in [1.54, 1.807) is 35.2 Å². The molecule has 0 saturated heterocycles. The van der Waals surface area contributed by atoms with E-state index in [1.165, 1.54) is 6.92 Å². The van der Waals surface area contributed by atoms with Crippen molar-refractivity contribution in [2.24, 2.45) is 0 Å². The maximum absolute atomic E-state index is 11.7. The van der Waals surface area contributed by atoms with Crippen molar-refractivity contribution in [2.75, 3.05) is 18.4 Å². The zero-order valence-corrected chi connectivity index (χ0v) is 11.6. The third-order valence-corrected chi connectivity index (χ3v) is 2.78. The second-order valence-electron chi connectivity index (χ2n) is 4.06. The number of anilines is 1. The van der Waals surface area contributed by atoms with Crippen molar-refractivity contribution in [1.82, 2.24) is 4.90 Å². The van der Waals surface area contributed by atoms with E-state index in [-0.39, 0.29) is 18.2 Å². The Morgan fingerprint density at radius 3 is 2.53 bits per heavy atom. The zero-order chi connectivity index (χ0) is 14.3. The minimum atomic E-state index is -0.141. The molecule has 1 aromatic carbocycles. The Labute approximate surface area is 118 Å². The summed E-state index contributed by atoms with van der Waals surface area (Å²) in [7, 11) is 0. The lowest BCUT2D eigenvalue weighted by Gasteiger charge is -2.18. The smallest absolute Gasteiger partial charge is 0.226 e. The van der Waals surface area contributed by atoms with Crippen molar-refractivity contribution in [1.29, 1.82) is 0 Å². The molecule has 0 saturated carbocycles. The molecule has 0 bridgehead atoms. The highest BCUT2D eigenvalue weighted by Gasteiger charge is 2.09. The third kappa shape index (κ3) is 5.57. The van der Waals surface area contributed by atoms with Crippen LogP contribution in [0.3, 0.4) is 0 Å². The van der Waals surface area contributed by atoms with Gasteiger partial charge in [0.25, 0.3) is 0 Å². The third-order valence-electron chi connectivity index (χ3n) is 2.53. The molecule has 0 heterocycles. The van der Waals surface area contributed by atoms with Crippen molar-refractivity contribution in [3.05, 3.63) is 41.9 Å². The Morgan fingerprint density at radius 2 is 2.00 bits per heavy atom. The van der Waals surface area contributed by atoms with Crippen molar-refractivity contribution < 1.29 is 9.59 Å². The van der Waals surface area contributed by atoms with Gasteiger partial charge in [-0.15, -0.1) is 6.58 Å². The highest BCUT2D eigenvalue weighted by molar-refractivity contribution is 6.30. The molecule has 4 nitrogen and oxygen atoms in total. The predicted molar refractivity (Wildman–Crippen MR) is 77.1 cm³/mol. The van der Waals surface area contributed by atoms with Crippen molar-refractivity contribution >= 4 is 29.1 Å². The summed E-state index contributed by atoms with van der Waals surface area (Å²) >= 11 is 5.75. The van der Waals surface area contributed by atoms with Gasteiger partial charge in [-0.1, -0.05) is 17.7 Å². The Balaban J connectivity index is 2.44. The van der Waals surface area contributed by atoms with E-state index in [0.717, 1.165) is 0 Å². The average molecular weight is 281 g/mol. The van der Waals surface area contributed by atoms with E-state index >= 15 is 0 Å². The summed E-state index contributed by atoms with van der Waals surface area (Å²) in [5, 5.41) is 3.36. The molecule has 0 unspecified atom stereocenters. The van der Waals surface area contributed by atoms with Gasteiger partial charge in [0.2, 0.25) is 11.8 Å². The molecule has 0 aromatic heterocycles. The molecule has 0 spiro atoms. The van der Waals surface area contributed by atoms with Crippen LogP contribution in [0.2, 0.25) is 5.02 Å². The van der Waals surface area contributed by atoms with Gasteiger partial charge in [0.15, 0.2) is 0 Å². The highest BCUT2D eigenvalue weighted by atomic mass is 35.5. The number of carbonyl (C=O) groups excluding carboxylic acids is 2. The van der Waals surface area contributed by atoms with E-state index in [4.69, 9.17) is 11.6 Å². The second kappa shape index (κ2) is 7.59. The number of rotatable bonds is 6. The van der Waals surface area contributed by atoms with Crippen molar-refractivity contribution in [2.45, 2.75) is 13.3 Å². The first-order valence-electron chi connectivity index (χ1n) is 5.94. The van der Waals surface area contributed by atoms with E-state index in [1.807, 2.05) is 0 Å². The topological polar surface area (TPSA) is 49.4 Å². The van der Waals surface area contributed by atoms with Crippen LogP contribution in [0, 0.1) is 0 Å². The van der Waals surface area contributed by atoms with Gasteiger partial charge in [-0.05, 0) is 24.3 Å². The molecule has 2 amide bonds. The molecule has 0 fully saturated rings. The largest absolute Gasteiger partial charge is 0.339 e. The summed E-state index contributed by atoms with van der Waals surface area (Å²) < 4.78 is 0. The summed E-state index contributed by atoms with van der Waals surface area (Å²) in [6.07, 6.45) is 1.88. The second-order valence-corrected chi connectivity index (χ2v) is 4.50. The predicted octanol–water partition coefficient (Wildman–Crippen LogP) is 2.70. The Bertz CT molecular complexity index is 457. The van der Waals surface area contributed by atoms with E-state index in [9.17, 15) is 9.59 Å². The fourth-order valence-corrected chi connectivity index (χ4v) is 1.65. The van der Waals surface area contributed by atoms with Crippen LogP contribution in [0.1, 0.15) is 13.3 Å². The molecule has 0 atom stereocenters. The molecule has 1 N–H and O–H groups in total. The molecule has 1 aromatic rings. The van der Waals surface area contributed by atoms with Crippen LogP contribution in [-0.2, 0) is 9.59 Å². The van der Waals surface area contributed by atoms with Crippen LogP contribution in [0.4, 0.5) is 5.69 Å². The van der Waals surface area contributed by atoms with Gasteiger partial charge in [-0.2, -0.15) is 0 Å². The first kappa shape index (κ1) is 15.2. The summed E-state index contributed by atoms with van der Waals surface area (Å²) in [6.45, 7) is 5.88. The van der Waals surface area contributed by atoms with Crippen LogP contribution >= 0.6 is 11.6 Å². The highest BCUT2D eigenvalue weighted by Crippen LogP contribution is 2.13. The van der Waals surface area contributed by atoms with Gasteiger partial charge >= 0.3 is 0 Å². The number of halogens is 1. The first-order chi connectivity index (χ1) is 9.02. The standard InChI is InChI=1S/C14H17ClN2O2/c1-3-9-17(11(2)18)10-8-14(19)16-13-6-4-12(15)5-7-13/h3-7H,1,8-10H2,2H3,(H,16,19). The number of nitrogens with one attached hydrogen (secondary N) is 1. The number of amides is 2. The van der Waals surface area contributed by atoms with E-state index < -0.39 is 0 Å². The SMILES string of the molecule is C=CCN(CCC(=O)Nc1ccc(Cl)cc1)C(C)=O. The number of nitrogens with zero attached hydrogens (tertiary/aromatic N) is 1. The monoisotopic (exact) mass is 280 g/mol. The van der Waals surface area contributed by atoms with Gasteiger partial charge in [-0.3, -0.25) is 9.59 Å². The average Bonchev–Trinajstić information content (AvgIpc) is 2.37. The molecule has 5 heteroatoms. The first-order valence-corrected chi connectivity index (χ1v) is 6.32. The number of hydrogen-bond acceptors (Lipinski definition) is 2.